The van der Waals surface area contributed by atoms with Gasteiger partial charge in [-0.15, -0.1) is 0 Å². The standard InChI is InChI=1S/C15H21NO3/c1-15(19,12-6-3-2-4-7-12)10-14(18)16-9-5-8-13(16)11-17/h2-4,6-7,13,17,19H,5,8-11H2,1H3. The molecule has 1 saturated heterocycles. The molecule has 2 atom stereocenters. The fourth-order valence-electron chi connectivity index (χ4n) is 2.65. The summed E-state index contributed by atoms with van der Waals surface area (Å²) in [5.74, 6) is -0.0922. The third kappa shape index (κ3) is 3.14. The molecule has 1 aromatic rings. The number of aliphatic hydroxyl groups is 2. The van der Waals surface area contributed by atoms with Crippen molar-refractivity contribution < 1.29 is 15.0 Å². The normalized spacial score (nSPS) is 22.3. The number of aliphatic hydroxyl groups excluding tert-OH is 1. The van der Waals surface area contributed by atoms with Crippen LogP contribution in [0.3, 0.4) is 0 Å². The SMILES string of the molecule is CC(O)(CC(=O)N1CCCC1CO)c1ccccc1. The summed E-state index contributed by atoms with van der Waals surface area (Å²) in [6.07, 6.45) is 1.81. The second kappa shape index (κ2) is 5.72. The van der Waals surface area contributed by atoms with Gasteiger partial charge in [-0.1, -0.05) is 30.3 Å². The lowest BCUT2D eigenvalue weighted by molar-refractivity contribution is -0.137. The molecule has 0 radical (unpaired) electrons. The van der Waals surface area contributed by atoms with Gasteiger partial charge in [0, 0.05) is 6.54 Å². The molecule has 1 aliphatic heterocycles. The van der Waals surface area contributed by atoms with Crippen molar-refractivity contribution in [2.24, 2.45) is 0 Å². The summed E-state index contributed by atoms with van der Waals surface area (Å²) in [6.45, 7) is 2.33. The Morgan fingerprint density at radius 2 is 2.11 bits per heavy atom. The van der Waals surface area contributed by atoms with Gasteiger partial charge in [0.1, 0.15) is 0 Å². The highest BCUT2D eigenvalue weighted by Crippen LogP contribution is 2.27. The molecule has 0 aliphatic carbocycles. The first-order valence-corrected chi connectivity index (χ1v) is 6.73. The molecule has 0 aromatic heterocycles. The van der Waals surface area contributed by atoms with Crippen molar-refractivity contribution >= 4 is 5.91 Å². The van der Waals surface area contributed by atoms with Crippen molar-refractivity contribution in [1.29, 1.82) is 0 Å². The van der Waals surface area contributed by atoms with Gasteiger partial charge >= 0.3 is 0 Å². The minimum absolute atomic E-state index is 0.000774. The molecule has 2 unspecified atom stereocenters. The third-order valence-electron chi connectivity index (χ3n) is 3.80. The lowest BCUT2D eigenvalue weighted by Gasteiger charge is -2.29. The molecule has 1 aromatic carbocycles. The van der Waals surface area contributed by atoms with Crippen LogP contribution in [-0.4, -0.2) is 40.2 Å². The minimum Gasteiger partial charge on any atom is -0.394 e. The predicted molar refractivity (Wildman–Crippen MR) is 72.5 cm³/mol. The maximum atomic E-state index is 12.3. The number of likely N-dealkylation sites (tertiary alicyclic amines) is 1. The first-order chi connectivity index (χ1) is 9.04. The molecule has 0 saturated carbocycles. The van der Waals surface area contributed by atoms with Gasteiger partial charge in [0.2, 0.25) is 5.91 Å². The average Bonchev–Trinajstić information content (AvgIpc) is 2.87. The number of amides is 1. The summed E-state index contributed by atoms with van der Waals surface area (Å²) in [5.41, 5.74) is -0.427. The van der Waals surface area contributed by atoms with E-state index in [9.17, 15) is 15.0 Å². The van der Waals surface area contributed by atoms with Gasteiger partial charge in [-0.3, -0.25) is 4.79 Å². The van der Waals surface area contributed by atoms with Crippen LogP contribution in [0.5, 0.6) is 0 Å². The number of hydrogen-bond acceptors (Lipinski definition) is 3. The molecule has 1 fully saturated rings. The maximum absolute atomic E-state index is 12.3. The van der Waals surface area contributed by atoms with Crippen molar-refractivity contribution in [2.45, 2.75) is 37.8 Å². The van der Waals surface area contributed by atoms with Crippen molar-refractivity contribution in [2.75, 3.05) is 13.2 Å². The van der Waals surface area contributed by atoms with Gasteiger partial charge in [0.05, 0.1) is 24.7 Å². The number of hydrogen-bond donors (Lipinski definition) is 2. The number of carbonyl (C=O) groups is 1. The van der Waals surface area contributed by atoms with E-state index < -0.39 is 5.60 Å². The Labute approximate surface area is 113 Å². The summed E-state index contributed by atoms with van der Waals surface area (Å²) in [4.78, 5) is 14.0. The van der Waals surface area contributed by atoms with Gasteiger partial charge in [0.25, 0.3) is 0 Å². The smallest absolute Gasteiger partial charge is 0.226 e. The predicted octanol–water partition coefficient (Wildman–Crippen LogP) is 1.27. The van der Waals surface area contributed by atoms with Crippen LogP contribution in [0.15, 0.2) is 30.3 Å². The van der Waals surface area contributed by atoms with Crippen LogP contribution in [0.1, 0.15) is 31.7 Å². The molecule has 19 heavy (non-hydrogen) atoms. The zero-order valence-corrected chi connectivity index (χ0v) is 11.2. The van der Waals surface area contributed by atoms with Crippen LogP contribution >= 0.6 is 0 Å². The van der Waals surface area contributed by atoms with E-state index in [0.717, 1.165) is 18.4 Å². The summed E-state index contributed by atoms with van der Waals surface area (Å²) >= 11 is 0. The molecule has 104 valence electrons. The lowest BCUT2D eigenvalue weighted by Crippen LogP contribution is -2.41. The molecule has 2 rings (SSSR count). The van der Waals surface area contributed by atoms with Crippen molar-refractivity contribution in [1.82, 2.24) is 4.90 Å². The topological polar surface area (TPSA) is 60.8 Å². The minimum atomic E-state index is -1.17. The van der Waals surface area contributed by atoms with Crippen LogP contribution < -0.4 is 0 Å². The van der Waals surface area contributed by atoms with Gasteiger partial charge in [-0.2, -0.15) is 0 Å². The quantitative estimate of drug-likeness (QED) is 0.860. The summed E-state index contributed by atoms with van der Waals surface area (Å²) in [6, 6.07) is 9.13. The van der Waals surface area contributed by atoms with E-state index in [0.29, 0.717) is 6.54 Å². The summed E-state index contributed by atoms with van der Waals surface area (Å²) < 4.78 is 0. The fourth-order valence-corrected chi connectivity index (χ4v) is 2.65. The highest BCUT2D eigenvalue weighted by atomic mass is 16.3. The number of benzene rings is 1. The molecule has 2 N–H and O–H groups in total. The first-order valence-electron chi connectivity index (χ1n) is 6.73. The Morgan fingerprint density at radius 1 is 1.42 bits per heavy atom. The zero-order valence-electron chi connectivity index (χ0n) is 11.2. The monoisotopic (exact) mass is 263 g/mol. The first kappa shape index (κ1) is 14.0. The van der Waals surface area contributed by atoms with Crippen LogP contribution in [0.4, 0.5) is 0 Å². The molecule has 1 heterocycles. The van der Waals surface area contributed by atoms with E-state index in [4.69, 9.17) is 0 Å². The summed E-state index contributed by atoms with van der Waals surface area (Å²) in [7, 11) is 0. The Hall–Kier alpha value is -1.39. The van der Waals surface area contributed by atoms with E-state index >= 15 is 0 Å². The molecule has 4 nitrogen and oxygen atoms in total. The van der Waals surface area contributed by atoms with Gasteiger partial charge in [0.15, 0.2) is 0 Å². The van der Waals surface area contributed by atoms with E-state index in [1.807, 2.05) is 30.3 Å². The summed E-state index contributed by atoms with van der Waals surface area (Å²) in [5, 5.41) is 19.7. The van der Waals surface area contributed by atoms with Gasteiger partial charge in [-0.05, 0) is 25.3 Å². The Kier molecular flexibility index (Phi) is 4.22. The number of carbonyl (C=O) groups excluding carboxylic acids is 1. The van der Waals surface area contributed by atoms with Crippen LogP contribution in [0.25, 0.3) is 0 Å². The van der Waals surface area contributed by atoms with Gasteiger partial charge in [-0.25, -0.2) is 0 Å². The second-order valence-corrected chi connectivity index (χ2v) is 5.38. The lowest BCUT2D eigenvalue weighted by atomic mass is 9.92. The van der Waals surface area contributed by atoms with Crippen molar-refractivity contribution in [3.05, 3.63) is 35.9 Å². The largest absolute Gasteiger partial charge is 0.394 e. The Balaban J connectivity index is 2.06. The van der Waals surface area contributed by atoms with E-state index in [1.165, 1.54) is 0 Å². The molecule has 0 spiro atoms. The van der Waals surface area contributed by atoms with Crippen LogP contribution in [0, 0.1) is 0 Å². The Morgan fingerprint density at radius 3 is 2.74 bits per heavy atom. The Bertz CT molecular complexity index is 430. The maximum Gasteiger partial charge on any atom is 0.226 e. The van der Waals surface area contributed by atoms with Crippen LogP contribution in [0.2, 0.25) is 0 Å². The number of rotatable bonds is 4. The molecular formula is C15H21NO3. The molecule has 1 amide bonds. The van der Waals surface area contributed by atoms with Crippen molar-refractivity contribution in [3.63, 3.8) is 0 Å². The third-order valence-corrected chi connectivity index (χ3v) is 3.80. The number of nitrogens with zero attached hydrogens (tertiary/aromatic N) is 1. The average molecular weight is 263 g/mol. The fraction of sp³-hybridized carbons (Fsp3) is 0.533. The van der Waals surface area contributed by atoms with Gasteiger partial charge < -0.3 is 15.1 Å². The molecular weight excluding hydrogens is 242 g/mol. The highest BCUT2D eigenvalue weighted by molar-refractivity contribution is 5.78. The molecule has 1 aliphatic rings. The second-order valence-electron chi connectivity index (χ2n) is 5.38. The highest BCUT2D eigenvalue weighted by Gasteiger charge is 2.33. The molecule has 0 bridgehead atoms. The van der Waals surface area contributed by atoms with E-state index in [2.05, 4.69) is 0 Å². The van der Waals surface area contributed by atoms with Crippen molar-refractivity contribution in [3.8, 4) is 0 Å². The van der Waals surface area contributed by atoms with E-state index in [-0.39, 0.29) is 25.0 Å². The van der Waals surface area contributed by atoms with E-state index in [1.54, 1.807) is 11.8 Å². The zero-order chi connectivity index (χ0) is 13.9. The van der Waals surface area contributed by atoms with Crippen LogP contribution in [-0.2, 0) is 10.4 Å². The molecule has 4 heteroatoms.